The Balaban J connectivity index is 1.83. The fourth-order valence-electron chi connectivity index (χ4n) is 2.55. The molecule has 1 aliphatic heterocycles. The average molecular weight is 254 g/mol. The lowest BCUT2D eigenvalue weighted by molar-refractivity contribution is 0.792. The monoisotopic (exact) mass is 254 g/mol. The van der Waals surface area contributed by atoms with Crippen LogP contribution in [0.25, 0.3) is 0 Å². The first-order chi connectivity index (χ1) is 9.24. The van der Waals surface area contributed by atoms with E-state index in [4.69, 9.17) is 11.5 Å². The molecule has 2 aromatic rings. The standard InChI is InChI=1S/C15H18N4/c16-13-5-6-14(18-15(13)17)19-9-7-11-3-1-2-4-12(11)8-10-19/h1-6H,7-10,16H2,(H2,17,18). The Kier molecular flexibility index (Phi) is 2.99. The summed E-state index contributed by atoms with van der Waals surface area (Å²) in [6.45, 7) is 1.93. The van der Waals surface area contributed by atoms with Crippen molar-refractivity contribution >= 4 is 17.3 Å². The number of benzene rings is 1. The topological polar surface area (TPSA) is 68.2 Å². The van der Waals surface area contributed by atoms with Crippen molar-refractivity contribution in [3.05, 3.63) is 47.5 Å². The molecule has 0 aliphatic carbocycles. The number of nitrogens with zero attached hydrogens (tertiary/aromatic N) is 2. The quantitative estimate of drug-likeness (QED) is 0.815. The van der Waals surface area contributed by atoms with Crippen LogP contribution in [-0.4, -0.2) is 18.1 Å². The van der Waals surface area contributed by atoms with Crippen molar-refractivity contribution in [2.45, 2.75) is 12.8 Å². The number of nitrogen functional groups attached to an aromatic ring is 2. The lowest BCUT2D eigenvalue weighted by Crippen LogP contribution is -2.27. The van der Waals surface area contributed by atoms with E-state index >= 15 is 0 Å². The highest BCUT2D eigenvalue weighted by atomic mass is 15.2. The molecule has 0 unspecified atom stereocenters. The first kappa shape index (κ1) is 11.8. The van der Waals surface area contributed by atoms with Crippen LogP contribution in [0.3, 0.4) is 0 Å². The summed E-state index contributed by atoms with van der Waals surface area (Å²) >= 11 is 0. The normalized spacial score (nSPS) is 14.8. The van der Waals surface area contributed by atoms with Crippen molar-refractivity contribution in [1.82, 2.24) is 4.98 Å². The second-order valence-corrected chi connectivity index (χ2v) is 4.90. The van der Waals surface area contributed by atoms with Gasteiger partial charge in [-0.1, -0.05) is 24.3 Å². The highest BCUT2D eigenvalue weighted by Crippen LogP contribution is 2.22. The Hall–Kier alpha value is -2.23. The third-order valence-electron chi connectivity index (χ3n) is 3.69. The smallest absolute Gasteiger partial charge is 0.149 e. The first-order valence-corrected chi connectivity index (χ1v) is 6.58. The average Bonchev–Trinajstić information content (AvgIpc) is 2.64. The number of hydrogen-bond acceptors (Lipinski definition) is 4. The first-order valence-electron chi connectivity index (χ1n) is 6.58. The molecule has 0 spiro atoms. The van der Waals surface area contributed by atoms with E-state index < -0.39 is 0 Å². The summed E-state index contributed by atoms with van der Waals surface area (Å²) in [6.07, 6.45) is 2.09. The van der Waals surface area contributed by atoms with E-state index in [1.807, 2.05) is 12.1 Å². The van der Waals surface area contributed by atoms with Crippen LogP contribution in [0.4, 0.5) is 17.3 Å². The predicted molar refractivity (Wildman–Crippen MR) is 79.1 cm³/mol. The number of hydrogen-bond donors (Lipinski definition) is 2. The van der Waals surface area contributed by atoms with E-state index in [2.05, 4.69) is 34.1 Å². The van der Waals surface area contributed by atoms with E-state index in [0.717, 1.165) is 31.7 Å². The van der Waals surface area contributed by atoms with Crippen LogP contribution in [0.1, 0.15) is 11.1 Å². The minimum absolute atomic E-state index is 0.416. The van der Waals surface area contributed by atoms with Gasteiger partial charge in [-0.05, 0) is 36.1 Å². The van der Waals surface area contributed by atoms with Gasteiger partial charge in [0.15, 0.2) is 0 Å². The van der Waals surface area contributed by atoms with Crippen LogP contribution in [0.2, 0.25) is 0 Å². The summed E-state index contributed by atoms with van der Waals surface area (Å²) < 4.78 is 0. The summed E-state index contributed by atoms with van der Waals surface area (Å²) in [4.78, 5) is 6.65. The second-order valence-electron chi connectivity index (χ2n) is 4.90. The summed E-state index contributed by atoms with van der Waals surface area (Å²) in [5.74, 6) is 1.33. The summed E-state index contributed by atoms with van der Waals surface area (Å²) in [5, 5.41) is 0. The molecular formula is C15H18N4. The number of fused-ring (bicyclic) bond motifs is 1. The maximum atomic E-state index is 5.79. The minimum atomic E-state index is 0.416. The lowest BCUT2D eigenvalue weighted by Gasteiger charge is -2.21. The maximum absolute atomic E-state index is 5.79. The van der Waals surface area contributed by atoms with Crippen LogP contribution in [-0.2, 0) is 12.8 Å². The summed E-state index contributed by atoms with van der Waals surface area (Å²) in [7, 11) is 0. The summed E-state index contributed by atoms with van der Waals surface area (Å²) in [5.41, 5.74) is 14.9. The zero-order valence-corrected chi connectivity index (χ0v) is 10.8. The molecule has 0 amide bonds. The molecule has 0 saturated heterocycles. The van der Waals surface area contributed by atoms with Crippen molar-refractivity contribution in [3.63, 3.8) is 0 Å². The molecule has 98 valence electrons. The van der Waals surface area contributed by atoms with E-state index in [1.165, 1.54) is 11.1 Å². The van der Waals surface area contributed by atoms with Gasteiger partial charge >= 0.3 is 0 Å². The van der Waals surface area contributed by atoms with Crippen LogP contribution in [0.15, 0.2) is 36.4 Å². The SMILES string of the molecule is Nc1ccc(N2CCc3ccccc3CC2)nc1N. The van der Waals surface area contributed by atoms with E-state index in [1.54, 1.807) is 0 Å². The fraction of sp³-hybridized carbons (Fsp3) is 0.267. The number of pyridine rings is 1. The molecule has 4 heteroatoms. The van der Waals surface area contributed by atoms with Gasteiger partial charge in [0.2, 0.25) is 0 Å². The number of nitrogens with two attached hydrogens (primary N) is 2. The van der Waals surface area contributed by atoms with Gasteiger partial charge in [-0.25, -0.2) is 4.98 Å². The molecule has 3 rings (SSSR count). The number of rotatable bonds is 1. The minimum Gasteiger partial charge on any atom is -0.396 e. The third-order valence-corrected chi connectivity index (χ3v) is 3.69. The fourth-order valence-corrected chi connectivity index (χ4v) is 2.55. The Morgan fingerprint density at radius 2 is 1.53 bits per heavy atom. The van der Waals surface area contributed by atoms with Crippen LogP contribution < -0.4 is 16.4 Å². The maximum Gasteiger partial charge on any atom is 0.149 e. The predicted octanol–water partition coefficient (Wildman–Crippen LogP) is 1.85. The van der Waals surface area contributed by atoms with Crippen LogP contribution >= 0.6 is 0 Å². The van der Waals surface area contributed by atoms with Crippen LogP contribution in [0, 0.1) is 0 Å². The molecular weight excluding hydrogens is 236 g/mol. The van der Waals surface area contributed by atoms with Crippen LogP contribution in [0.5, 0.6) is 0 Å². The highest BCUT2D eigenvalue weighted by Gasteiger charge is 2.15. The molecule has 1 aliphatic rings. The van der Waals surface area contributed by atoms with Gasteiger partial charge in [0, 0.05) is 13.1 Å². The molecule has 19 heavy (non-hydrogen) atoms. The largest absolute Gasteiger partial charge is 0.396 e. The van der Waals surface area contributed by atoms with Gasteiger partial charge in [0.25, 0.3) is 0 Å². The van der Waals surface area contributed by atoms with Crippen molar-refractivity contribution in [1.29, 1.82) is 0 Å². The zero-order valence-electron chi connectivity index (χ0n) is 10.8. The number of aromatic nitrogens is 1. The van der Waals surface area contributed by atoms with Gasteiger partial charge in [-0.2, -0.15) is 0 Å². The molecule has 0 fully saturated rings. The van der Waals surface area contributed by atoms with Crippen molar-refractivity contribution in [2.24, 2.45) is 0 Å². The molecule has 1 aromatic heterocycles. The molecule has 0 radical (unpaired) electrons. The van der Waals surface area contributed by atoms with Gasteiger partial charge in [0.05, 0.1) is 5.69 Å². The Labute approximate surface area is 113 Å². The Morgan fingerprint density at radius 1 is 0.895 bits per heavy atom. The zero-order chi connectivity index (χ0) is 13.2. The van der Waals surface area contributed by atoms with Gasteiger partial charge in [-0.15, -0.1) is 0 Å². The molecule has 2 heterocycles. The lowest BCUT2D eigenvalue weighted by atomic mass is 10.0. The molecule has 4 N–H and O–H groups in total. The highest BCUT2D eigenvalue weighted by molar-refractivity contribution is 5.62. The molecule has 4 nitrogen and oxygen atoms in total. The summed E-state index contributed by atoms with van der Waals surface area (Å²) in [6, 6.07) is 12.4. The van der Waals surface area contributed by atoms with E-state index in [-0.39, 0.29) is 0 Å². The van der Waals surface area contributed by atoms with Crippen molar-refractivity contribution in [2.75, 3.05) is 29.5 Å². The van der Waals surface area contributed by atoms with Gasteiger partial charge < -0.3 is 16.4 Å². The molecule has 0 saturated carbocycles. The Morgan fingerprint density at radius 3 is 2.11 bits per heavy atom. The Bertz CT molecular complexity index is 567. The second kappa shape index (κ2) is 4.80. The molecule has 0 bridgehead atoms. The molecule has 0 atom stereocenters. The van der Waals surface area contributed by atoms with E-state index in [9.17, 15) is 0 Å². The van der Waals surface area contributed by atoms with Crippen molar-refractivity contribution in [3.8, 4) is 0 Å². The van der Waals surface area contributed by atoms with Gasteiger partial charge in [-0.3, -0.25) is 0 Å². The van der Waals surface area contributed by atoms with Gasteiger partial charge in [0.1, 0.15) is 11.6 Å². The molecule has 1 aromatic carbocycles. The third kappa shape index (κ3) is 2.34. The van der Waals surface area contributed by atoms with Crippen molar-refractivity contribution < 1.29 is 0 Å². The number of anilines is 3. The van der Waals surface area contributed by atoms with E-state index in [0.29, 0.717) is 11.5 Å².